The summed E-state index contributed by atoms with van der Waals surface area (Å²) < 4.78 is 11.2. The highest BCUT2D eigenvalue weighted by Crippen LogP contribution is 2.29. The van der Waals surface area contributed by atoms with E-state index >= 15 is 0 Å². The lowest BCUT2D eigenvalue weighted by atomic mass is 10.00. The molecule has 2 aromatic carbocycles. The Kier molecular flexibility index (Phi) is 7.63. The number of aromatic nitrogens is 2. The monoisotopic (exact) mass is 475 g/mol. The van der Waals surface area contributed by atoms with Crippen LogP contribution in [0.4, 0.5) is 4.79 Å². The Morgan fingerprint density at radius 3 is 2.71 bits per heavy atom. The van der Waals surface area contributed by atoms with Gasteiger partial charge in [-0.15, -0.1) is 0 Å². The molecule has 0 unspecified atom stereocenters. The molecular weight excluding hydrogens is 446 g/mol. The summed E-state index contributed by atoms with van der Waals surface area (Å²) in [5.41, 5.74) is 4.55. The third kappa shape index (κ3) is 6.16. The van der Waals surface area contributed by atoms with E-state index in [0.29, 0.717) is 35.1 Å². The minimum atomic E-state index is -0.979. The van der Waals surface area contributed by atoms with E-state index in [1.54, 1.807) is 12.1 Å². The smallest absolute Gasteiger partial charge is 0.404 e. The maximum atomic E-state index is 10.6. The van der Waals surface area contributed by atoms with Crippen molar-refractivity contribution in [1.82, 2.24) is 20.4 Å². The zero-order valence-electron chi connectivity index (χ0n) is 20.0. The number of ether oxygens (including phenoxy) is 1. The lowest BCUT2D eigenvalue weighted by Crippen LogP contribution is -2.31. The van der Waals surface area contributed by atoms with Gasteiger partial charge in [0.05, 0.1) is 11.7 Å². The van der Waals surface area contributed by atoms with Gasteiger partial charge in [0.15, 0.2) is 0 Å². The van der Waals surface area contributed by atoms with Gasteiger partial charge in [0.1, 0.15) is 11.8 Å². The average molecular weight is 476 g/mol. The number of carboxylic acid groups (broad SMARTS) is 1. The molecule has 0 saturated carbocycles. The van der Waals surface area contributed by atoms with Gasteiger partial charge in [0, 0.05) is 30.8 Å². The number of amides is 1. The second-order valence-electron chi connectivity index (χ2n) is 8.82. The minimum Gasteiger partial charge on any atom is -0.490 e. The number of fused-ring (bicyclic) bond motifs is 1. The zero-order valence-corrected chi connectivity index (χ0v) is 20.0. The zero-order chi connectivity index (χ0) is 24.8. The van der Waals surface area contributed by atoms with E-state index in [2.05, 4.69) is 38.6 Å². The standard InChI is InChI=1S/C26H29N5O4/c1-17(2)34-23-7-6-21(15-22(23)16-27)25-29-24(30-35-25)20-5-4-18-8-12-31(13-9-19(18)14-20)11-3-10-28-26(32)33/h4-7,14-15,17,28H,3,8-13H2,1-2H3,(H,32,33). The fraction of sp³-hybridized carbons (Fsp3) is 0.385. The predicted molar refractivity (Wildman–Crippen MR) is 130 cm³/mol. The van der Waals surface area contributed by atoms with Crippen molar-refractivity contribution >= 4 is 6.09 Å². The quantitative estimate of drug-likeness (QED) is 0.466. The molecule has 1 amide bonds. The van der Waals surface area contributed by atoms with Crippen molar-refractivity contribution in [2.24, 2.45) is 0 Å². The van der Waals surface area contributed by atoms with Gasteiger partial charge in [0.25, 0.3) is 5.89 Å². The molecule has 0 aliphatic carbocycles. The summed E-state index contributed by atoms with van der Waals surface area (Å²) >= 11 is 0. The van der Waals surface area contributed by atoms with E-state index in [1.807, 2.05) is 26.0 Å². The summed E-state index contributed by atoms with van der Waals surface area (Å²) in [6.07, 6.45) is 1.63. The van der Waals surface area contributed by atoms with Crippen LogP contribution in [0.25, 0.3) is 22.8 Å². The molecule has 1 aromatic heterocycles. The van der Waals surface area contributed by atoms with Crippen LogP contribution in [0.15, 0.2) is 40.9 Å². The molecule has 0 saturated heterocycles. The molecule has 3 aromatic rings. The fourth-order valence-corrected chi connectivity index (χ4v) is 4.20. The molecule has 2 N–H and O–H groups in total. The first-order chi connectivity index (χ1) is 16.9. The predicted octanol–water partition coefficient (Wildman–Crippen LogP) is 4.12. The number of benzene rings is 2. The molecule has 182 valence electrons. The molecule has 0 bridgehead atoms. The fourth-order valence-electron chi connectivity index (χ4n) is 4.20. The number of carbonyl (C=O) groups is 1. The van der Waals surface area contributed by atoms with E-state index < -0.39 is 6.09 Å². The Labute approximate surface area is 204 Å². The topological polar surface area (TPSA) is 125 Å². The highest BCUT2D eigenvalue weighted by Gasteiger charge is 2.18. The number of nitrogens with zero attached hydrogens (tertiary/aromatic N) is 4. The van der Waals surface area contributed by atoms with Crippen molar-refractivity contribution in [2.75, 3.05) is 26.2 Å². The maximum Gasteiger partial charge on any atom is 0.404 e. The average Bonchev–Trinajstić information content (AvgIpc) is 3.24. The van der Waals surface area contributed by atoms with Gasteiger partial charge < -0.3 is 24.6 Å². The van der Waals surface area contributed by atoms with Crippen LogP contribution in [-0.4, -0.2) is 58.5 Å². The highest BCUT2D eigenvalue weighted by molar-refractivity contribution is 5.64. The van der Waals surface area contributed by atoms with Gasteiger partial charge in [-0.05, 0) is 75.0 Å². The Balaban J connectivity index is 1.45. The maximum absolute atomic E-state index is 10.6. The Morgan fingerprint density at radius 2 is 1.97 bits per heavy atom. The van der Waals surface area contributed by atoms with Crippen molar-refractivity contribution in [2.45, 2.75) is 39.2 Å². The number of nitriles is 1. The van der Waals surface area contributed by atoms with Crippen LogP contribution in [0, 0.1) is 11.3 Å². The van der Waals surface area contributed by atoms with Gasteiger partial charge in [-0.25, -0.2) is 4.79 Å². The minimum absolute atomic E-state index is 0.0304. The molecule has 2 heterocycles. The van der Waals surface area contributed by atoms with Crippen LogP contribution >= 0.6 is 0 Å². The van der Waals surface area contributed by atoms with E-state index in [1.165, 1.54) is 11.1 Å². The SMILES string of the molecule is CC(C)Oc1ccc(-c2nc(-c3ccc4c(c3)CCN(CCCNC(=O)O)CC4)no2)cc1C#N. The summed E-state index contributed by atoms with van der Waals surface area (Å²) in [7, 11) is 0. The number of nitrogens with one attached hydrogen (secondary N) is 1. The first-order valence-electron chi connectivity index (χ1n) is 11.8. The van der Waals surface area contributed by atoms with E-state index in [4.69, 9.17) is 14.4 Å². The normalized spacial score (nSPS) is 13.7. The summed E-state index contributed by atoms with van der Waals surface area (Å²) in [6.45, 7) is 7.02. The molecule has 0 fully saturated rings. The van der Waals surface area contributed by atoms with Crippen molar-refractivity contribution in [1.29, 1.82) is 5.26 Å². The van der Waals surface area contributed by atoms with Gasteiger partial charge >= 0.3 is 6.09 Å². The Morgan fingerprint density at radius 1 is 1.20 bits per heavy atom. The molecule has 4 rings (SSSR count). The lowest BCUT2D eigenvalue weighted by molar-refractivity contribution is 0.193. The van der Waals surface area contributed by atoms with E-state index in [0.717, 1.165) is 44.5 Å². The lowest BCUT2D eigenvalue weighted by Gasteiger charge is -2.19. The molecule has 0 spiro atoms. The second kappa shape index (κ2) is 11.0. The largest absolute Gasteiger partial charge is 0.490 e. The molecule has 9 nitrogen and oxygen atoms in total. The number of rotatable bonds is 8. The van der Waals surface area contributed by atoms with Crippen molar-refractivity contribution in [3.63, 3.8) is 0 Å². The van der Waals surface area contributed by atoms with Crippen molar-refractivity contribution in [3.8, 4) is 34.7 Å². The third-order valence-electron chi connectivity index (χ3n) is 5.92. The Bertz CT molecular complexity index is 1230. The molecule has 35 heavy (non-hydrogen) atoms. The third-order valence-corrected chi connectivity index (χ3v) is 5.92. The van der Waals surface area contributed by atoms with Gasteiger partial charge in [-0.1, -0.05) is 17.3 Å². The summed E-state index contributed by atoms with van der Waals surface area (Å²) in [5, 5.41) is 24.8. The molecule has 1 aliphatic rings. The van der Waals surface area contributed by atoms with Crippen LogP contribution in [0.5, 0.6) is 5.75 Å². The molecule has 9 heteroatoms. The van der Waals surface area contributed by atoms with E-state index in [9.17, 15) is 10.1 Å². The van der Waals surface area contributed by atoms with Crippen LogP contribution < -0.4 is 10.1 Å². The number of hydrogen-bond donors (Lipinski definition) is 2. The van der Waals surface area contributed by atoms with Crippen LogP contribution in [0.2, 0.25) is 0 Å². The van der Waals surface area contributed by atoms with Crippen molar-refractivity contribution < 1.29 is 19.2 Å². The molecule has 0 radical (unpaired) electrons. The first-order valence-corrected chi connectivity index (χ1v) is 11.8. The van der Waals surface area contributed by atoms with Crippen LogP contribution in [0.3, 0.4) is 0 Å². The first kappa shape index (κ1) is 24.2. The molecule has 1 aliphatic heterocycles. The van der Waals surface area contributed by atoms with E-state index in [-0.39, 0.29) is 6.10 Å². The molecule has 0 atom stereocenters. The van der Waals surface area contributed by atoms with Crippen LogP contribution in [0.1, 0.15) is 37.0 Å². The van der Waals surface area contributed by atoms with Gasteiger partial charge in [-0.3, -0.25) is 0 Å². The summed E-state index contributed by atoms with van der Waals surface area (Å²) in [4.78, 5) is 17.5. The van der Waals surface area contributed by atoms with Gasteiger partial charge in [-0.2, -0.15) is 10.2 Å². The van der Waals surface area contributed by atoms with Gasteiger partial charge in [0.2, 0.25) is 5.82 Å². The second-order valence-corrected chi connectivity index (χ2v) is 8.82. The Hall–Kier alpha value is -3.90. The number of hydrogen-bond acceptors (Lipinski definition) is 7. The van der Waals surface area contributed by atoms with Crippen molar-refractivity contribution in [3.05, 3.63) is 53.1 Å². The summed E-state index contributed by atoms with van der Waals surface area (Å²) in [6, 6.07) is 13.7. The summed E-state index contributed by atoms with van der Waals surface area (Å²) in [5.74, 6) is 1.39. The molecular formula is C26H29N5O4. The van der Waals surface area contributed by atoms with Crippen LogP contribution in [-0.2, 0) is 12.8 Å². The highest BCUT2D eigenvalue weighted by atomic mass is 16.5.